The maximum Gasteiger partial charge on any atom is 0.416 e. The lowest BCUT2D eigenvalue weighted by atomic mass is 10.0. The van der Waals surface area contributed by atoms with Crippen molar-refractivity contribution in [2.45, 2.75) is 24.5 Å². The average molecular weight is 309 g/mol. The van der Waals surface area contributed by atoms with Crippen LogP contribution in [0.5, 0.6) is 0 Å². The van der Waals surface area contributed by atoms with Crippen molar-refractivity contribution in [1.82, 2.24) is 4.31 Å². The molecule has 20 heavy (non-hydrogen) atoms. The van der Waals surface area contributed by atoms with E-state index < -0.39 is 33.1 Å². The summed E-state index contributed by atoms with van der Waals surface area (Å²) in [4.78, 5) is 0. The first-order chi connectivity index (χ1) is 9.00. The Hall–Kier alpha value is -1.12. The van der Waals surface area contributed by atoms with E-state index in [-0.39, 0.29) is 18.7 Å². The second-order valence-electron chi connectivity index (χ2n) is 5.22. The van der Waals surface area contributed by atoms with Crippen LogP contribution >= 0.6 is 0 Å². The van der Waals surface area contributed by atoms with Gasteiger partial charge in [-0.15, -0.1) is 0 Å². The van der Waals surface area contributed by atoms with Gasteiger partial charge in [-0.25, -0.2) is 8.42 Å². The van der Waals surface area contributed by atoms with Crippen LogP contribution in [0.2, 0.25) is 0 Å². The normalized spacial score (nSPS) is 19.6. The van der Waals surface area contributed by atoms with Crippen molar-refractivity contribution in [3.05, 3.63) is 35.4 Å². The number of hydrogen-bond acceptors (Lipinski definition) is 3. The van der Waals surface area contributed by atoms with Gasteiger partial charge in [-0.2, -0.15) is 17.5 Å². The molecule has 0 saturated carbocycles. The van der Waals surface area contributed by atoms with Gasteiger partial charge in [-0.05, 0) is 18.6 Å². The Kier molecular flexibility index (Phi) is 3.60. The fourth-order valence-corrected chi connectivity index (χ4v) is 3.78. The van der Waals surface area contributed by atoms with Crippen LogP contribution in [-0.2, 0) is 22.0 Å². The third-order valence-corrected chi connectivity index (χ3v) is 4.77. The molecule has 1 N–H and O–H groups in total. The molecule has 0 aliphatic carbocycles. The molecule has 1 fully saturated rings. The van der Waals surface area contributed by atoms with Gasteiger partial charge >= 0.3 is 6.18 Å². The van der Waals surface area contributed by atoms with Gasteiger partial charge in [-0.1, -0.05) is 18.2 Å². The van der Waals surface area contributed by atoms with Crippen molar-refractivity contribution < 1.29 is 26.7 Å². The lowest BCUT2D eigenvalue weighted by Crippen LogP contribution is -2.61. The molecule has 0 radical (unpaired) electrons. The molecule has 1 aromatic rings. The Labute approximate surface area is 114 Å². The van der Waals surface area contributed by atoms with Crippen LogP contribution in [0.25, 0.3) is 0 Å². The fraction of sp³-hybridized carbons (Fsp3) is 0.500. The van der Waals surface area contributed by atoms with Crippen molar-refractivity contribution >= 4 is 10.0 Å². The summed E-state index contributed by atoms with van der Waals surface area (Å²) in [6.45, 7) is 1.44. The van der Waals surface area contributed by atoms with Crippen molar-refractivity contribution in [1.29, 1.82) is 0 Å². The van der Waals surface area contributed by atoms with Gasteiger partial charge in [-0.3, -0.25) is 0 Å². The predicted molar refractivity (Wildman–Crippen MR) is 66.3 cm³/mol. The molecule has 8 heteroatoms. The van der Waals surface area contributed by atoms with E-state index >= 15 is 0 Å². The summed E-state index contributed by atoms with van der Waals surface area (Å²) in [5.74, 6) is -0.507. The Morgan fingerprint density at radius 1 is 1.35 bits per heavy atom. The summed E-state index contributed by atoms with van der Waals surface area (Å²) < 4.78 is 62.6. The first-order valence-corrected chi connectivity index (χ1v) is 7.47. The number of sulfonamides is 1. The second-order valence-corrected chi connectivity index (χ2v) is 7.19. The molecule has 0 spiro atoms. The number of nitrogens with zero attached hydrogens (tertiary/aromatic N) is 1. The number of alkyl halides is 3. The summed E-state index contributed by atoms with van der Waals surface area (Å²) in [5, 5.41) is 9.51. The molecule has 0 amide bonds. The highest BCUT2D eigenvalue weighted by Crippen LogP contribution is 2.31. The smallest absolute Gasteiger partial charge is 0.387 e. The van der Waals surface area contributed by atoms with Gasteiger partial charge in [0.2, 0.25) is 10.0 Å². The highest BCUT2D eigenvalue weighted by molar-refractivity contribution is 7.88. The van der Waals surface area contributed by atoms with E-state index in [0.717, 1.165) is 16.4 Å². The molecule has 1 aliphatic rings. The van der Waals surface area contributed by atoms with E-state index in [4.69, 9.17) is 0 Å². The second kappa shape index (κ2) is 4.71. The minimum absolute atomic E-state index is 0.0334. The van der Waals surface area contributed by atoms with Crippen LogP contribution < -0.4 is 0 Å². The standard InChI is InChI=1S/C12H14F3NO3S/c1-11(17)7-16(8-11)20(18,19)6-9-3-2-4-10(5-9)12(13,14)15/h2-5,17H,6-8H2,1H3. The van der Waals surface area contributed by atoms with Crippen LogP contribution in [0.1, 0.15) is 18.1 Å². The summed E-state index contributed by atoms with van der Waals surface area (Å²) in [6.07, 6.45) is -4.50. The van der Waals surface area contributed by atoms with E-state index in [9.17, 15) is 26.7 Å². The minimum Gasteiger partial charge on any atom is -0.387 e. The van der Waals surface area contributed by atoms with Crippen molar-refractivity contribution in [2.75, 3.05) is 13.1 Å². The molecule has 0 bridgehead atoms. The first-order valence-electron chi connectivity index (χ1n) is 5.86. The molecule has 1 aliphatic heterocycles. The molecule has 1 aromatic carbocycles. The molecule has 0 atom stereocenters. The number of hydrogen-bond donors (Lipinski definition) is 1. The van der Waals surface area contributed by atoms with E-state index in [0.29, 0.717) is 0 Å². The highest BCUT2D eigenvalue weighted by atomic mass is 32.2. The number of rotatable bonds is 3. The predicted octanol–water partition coefficient (Wildman–Crippen LogP) is 1.60. The van der Waals surface area contributed by atoms with E-state index in [2.05, 4.69) is 0 Å². The summed E-state index contributed by atoms with van der Waals surface area (Å²) in [6, 6.07) is 4.24. The maximum absolute atomic E-state index is 12.5. The van der Waals surface area contributed by atoms with Gasteiger partial charge in [0.1, 0.15) is 0 Å². The molecular weight excluding hydrogens is 295 g/mol. The number of β-amino-alcohol motifs (C(OH)–C–C–N with tert-alkyl or cyclic N) is 1. The third-order valence-electron chi connectivity index (χ3n) is 3.03. The molecule has 1 heterocycles. The molecule has 0 aromatic heterocycles. The van der Waals surface area contributed by atoms with Gasteiger partial charge in [0.05, 0.1) is 16.9 Å². The van der Waals surface area contributed by atoms with Crippen LogP contribution in [-0.4, -0.2) is 36.5 Å². The van der Waals surface area contributed by atoms with Gasteiger partial charge < -0.3 is 5.11 Å². The van der Waals surface area contributed by atoms with Gasteiger partial charge in [0, 0.05) is 13.1 Å². The quantitative estimate of drug-likeness (QED) is 0.923. The van der Waals surface area contributed by atoms with Crippen LogP contribution in [0.15, 0.2) is 24.3 Å². The number of halogens is 3. The Balaban J connectivity index is 2.14. The molecular formula is C12H14F3NO3S. The minimum atomic E-state index is -4.50. The fourth-order valence-electron chi connectivity index (χ4n) is 2.05. The lowest BCUT2D eigenvalue weighted by Gasteiger charge is -2.42. The molecule has 0 unspecified atom stereocenters. The molecule has 112 valence electrons. The molecule has 2 rings (SSSR count). The largest absolute Gasteiger partial charge is 0.416 e. The number of aliphatic hydroxyl groups is 1. The number of benzene rings is 1. The Morgan fingerprint density at radius 2 is 1.95 bits per heavy atom. The van der Waals surface area contributed by atoms with Crippen LogP contribution in [0, 0.1) is 0 Å². The first kappa shape index (κ1) is 15.3. The summed E-state index contributed by atoms with van der Waals surface area (Å²) in [5.41, 5.74) is -1.85. The van der Waals surface area contributed by atoms with E-state index in [1.807, 2.05) is 0 Å². The van der Waals surface area contributed by atoms with E-state index in [1.165, 1.54) is 19.1 Å². The monoisotopic (exact) mass is 309 g/mol. The van der Waals surface area contributed by atoms with Crippen molar-refractivity contribution in [3.8, 4) is 0 Å². The van der Waals surface area contributed by atoms with Gasteiger partial charge in [0.25, 0.3) is 0 Å². The van der Waals surface area contributed by atoms with Crippen molar-refractivity contribution in [3.63, 3.8) is 0 Å². The zero-order valence-electron chi connectivity index (χ0n) is 10.7. The molecule has 4 nitrogen and oxygen atoms in total. The topological polar surface area (TPSA) is 57.6 Å². The molecule has 1 saturated heterocycles. The lowest BCUT2D eigenvalue weighted by molar-refractivity contribution is -0.137. The SMILES string of the molecule is CC1(O)CN(S(=O)(=O)Cc2cccc(C(F)(F)F)c2)C1. The van der Waals surface area contributed by atoms with Gasteiger partial charge in [0.15, 0.2) is 0 Å². The van der Waals surface area contributed by atoms with Crippen LogP contribution in [0.3, 0.4) is 0 Å². The van der Waals surface area contributed by atoms with Crippen molar-refractivity contribution in [2.24, 2.45) is 0 Å². The summed E-state index contributed by atoms with van der Waals surface area (Å²) >= 11 is 0. The highest BCUT2D eigenvalue weighted by Gasteiger charge is 2.43. The van der Waals surface area contributed by atoms with Crippen LogP contribution in [0.4, 0.5) is 13.2 Å². The maximum atomic E-state index is 12.5. The summed E-state index contributed by atoms with van der Waals surface area (Å²) in [7, 11) is -3.70. The third kappa shape index (κ3) is 3.31. The zero-order valence-corrected chi connectivity index (χ0v) is 11.5. The Bertz CT molecular complexity index is 603. The Morgan fingerprint density at radius 3 is 2.45 bits per heavy atom. The zero-order chi connectivity index (χ0) is 15.2. The van der Waals surface area contributed by atoms with E-state index in [1.54, 1.807) is 0 Å². The average Bonchev–Trinajstić information content (AvgIpc) is 2.24.